The van der Waals surface area contributed by atoms with E-state index in [1.807, 2.05) is 13.8 Å². The van der Waals surface area contributed by atoms with Crippen LogP contribution in [-0.2, 0) is 71.9 Å². The normalized spacial score (nSPS) is 16.2. The number of carboxylic acid groups (broad SMARTS) is 1. The van der Waals surface area contributed by atoms with Crippen LogP contribution in [0.3, 0.4) is 0 Å². The smallest absolute Gasteiger partial charge is 0.352 e. The number of rotatable bonds is 43. The number of allylic oxidation sites excluding steroid dienone is 4. The molecule has 12 atom stereocenters. The second-order valence-corrected chi connectivity index (χ2v) is 31.9. The molecule has 0 unspecified atom stereocenters. The molecular formula is C77H131N13O19. The highest BCUT2D eigenvalue weighted by atomic mass is 16.4. The van der Waals surface area contributed by atoms with Gasteiger partial charge in [-0.15, -0.1) is 0 Å². The van der Waals surface area contributed by atoms with Crippen molar-refractivity contribution in [3.63, 3.8) is 0 Å². The first-order valence-corrected chi connectivity index (χ1v) is 37.5. The average Bonchev–Trinajstić information content (AvgIpc) is 0.806. The van der Waals surface area contributed by atoms with Crippen molar-refractivity contribution < 1.29 is 92.3 Å². The minimum absolute atomic E-state index is 0.0483. The maximum Gasteiger partial charge on any atom is 0.352 e. The van der Waals surface area contributed by atoms with Crippen LogP contribution in [0, 0.1) is 40.9 Å². The molecule has 0 aromatic heterocycles. The molecule has 32 nitrogen and oxygen atoms in total. The molecule has 0 fully saturated rings. The molecule has 618 valence electrons. The van der Waals surface area contributed by atoms with E-state index in [1.165, 1.54) is 62.3 Å². The number of carboxylic acids is 1. The predicted molar refractivity (Wildman–Crippen MR) is 411 cm³/mol. The fourth-order valence-corrected chi connectivity index (χ4v) is 10.9. The Balaban J connectivity index is 6.93. The van der Waals surface area contributed by atoms with Crippen LogP contribution >= 0.6 is 0 Å². The van der Waals surface area contributed by atoms with Gasteiger partial charge in [0, 0.05) is 5.92 Å². The molecule has 0 bridgehead atoms. The second kappa shape index (κ2) is 43.5. The van der Waals surface area contributed by atoms with Crippen LogP contribution in [-0.4, -0.2) is 180 Å². The molecule has 17 N–H and O–H groups in total. The zero-order chi connectivity index (χ0) is 85.4. The van der Waals surface area contributed by atoms with Gasteiger partial charge in [-0.3, -0.25) is 67.1 Å². The number of carbonyl (C=O) groups excluding carboxylic acids is 14. The summed E-state index contributed by atoms with van der Waals surface area (Å²) in [6, 6.07) is -13.9. The Kier molecular flexibility index (Phi) is 39.9. The Labute approximate surface area is 643 Å². The first-order valence-electron chi connectivity index (χ1n) is 37.5. The summed E-state index contributed by atoms with van der Waals surface area (Å²) in [5, 5.41) is 76.8. The number of nitrogens with one attached hydrogen (secondary N) is 13. The lowest BCUT2D eigenvalue weighted by molar-refractivity contribution is -0.147. The Bertz CT molecular complexity index is 3460. The highest BCUT2D eigenvalue weighted by molar-refractivity contribution is 6.09. The van der Waals surface area contributed by atoms with E-state index < -0.39 is 195 Å². The first kappa shape index (κ1) is 100. The minimum atomic E-state index is -2.15. The Morgan fingerprint density at radius 3 is 1.06 bits per heavy atom. The van der Waals surface area contributed by atoms with Crippen molar-refractivity contribution in [1.82, 2.24) is 69.1 Å². The molecule has 0 saturated carbocycles. The van der Waals surface area contributed by atoms with Crippen LogP contribution in [0.15, 0.2) is 45.1 Å². The molecule has 0 aliphatic rings. The van der Waals surface area contributed by atoms with E-state index in [0.717, 1.165) is 27.7 Å². The van der Waals surface area contributed by atoms with Crippen LogP contribution in [0.2, 0.25) is 0 Å². The lowest BCUT2D eigenvalue weighted by Gasteiger charge is -2.35. The fraction of sp³-hybridized carbons (Fsp3) is 0.701. The monoisotopic (exact) mass is 1540 g/mol. The van der Waals surface area contributed by atoms with Crippen molar-refractivity contribution in [3.8, 4) is 0 Å². The van der Waals surface area contributed by atoms with Gasteiger partial charge in [0.2, 0.25) is 59.1 Å². The molecular weight excluding hydrogens is 1410 g/mol. The quantitative estimate of drug-likeness (QED) is 0.0308. The zero-order valence-corrected chi connectivity index (χ0v) is 69.8. The van der Waals surface area contributed by atoms with E-state index in [4.69, 9.17) is 0 Å². The Hall–Kier alpha value is -8.91. The third kappa shape index (κ3) is 30.1. The van der Waals surface area contributed by atoms with E-state index in [1.54, 1.807) is 96.9 Å². The Morgan fingerprint density at radius 2 is 0.688 bits per heavy atom. The third-order valence-corrected chi connectivity index (χ3v) is 19.1. The standard InChI is InChI=1S/C77H131N13O19/c1-30-41(16)52(65(97)78-46(21)60(92)80-48(37(8)9)62(94)81-49(38(10)11)63(95)83-51(40(14)15)72(104)105)86-69(101)56(75(25,26)107)89-70(102)57(76(27,28)108)88-68(100)55(44(19)33-4)85-64(96)50(39(12)13)82-67(99)54(43(18)32-3)84-61(93)47(22)79-66(98)53(42(17)31-2)87-71(103)58(77(29,109)34-5)90-73(106)74(23,24)59(91)45(20)35-36(6)7/h36-39,44-50,55-58,107-109H,30-35H2,1-29H3,(H,78,97)(H,79,98)(H,80,92)(H,81,94)(H,82,99)(H,83,95)(H,84,93)(H,85,96)(H,86,101)(H,87,103)(H,88,100)(H,89,102)(H,90,106)(H,104,105)/b52-41-,53-42-,54-43+/t44-,45-,46+,47-,48+,49-,50+,55+,56+,57-,58+,77+/m0/s1. The van der Waals surface area contributed by atoms with E-state index in [9.17, 15) is 92.3 Å². The second-order valence-electron chi connectivity index (χ2n) is 31.9. The maximum atomic E-state index is 14.6. The molecule has 0 spiro atoms. The van der Waals surface area contributed by atoms with Crippen LogP contribution < -0.4 is 69.1 Å². The van der Waals surface area contributed by atoms with Crippen LogP contribution in [0.25, 0.3) is 0 Å². The van der Waals surface area contributed by atoms with Gasteiger partial charge in [-0.1, -0.05) is 110 Å². The minimum Gasteiger partial charge on any atom is -0.477 e. The van der Waals surface area contributed by atoms with Crippen LogP contribution in [0.1, 0.15) is 239 Å². The number of hydrogen-bond acceptors (Lipinski definition) is 18. The number of hydrogen-bond donors (Lipinski definition) is 17. The summed E-state index contributed by atoms with van der Waals surface area (Å²) < 4.78 is 0. The van der Waals surface area contributed by atoms with Crippen molar-refractivity contribution >= 4 is 88.5 Å². The van der Waals surface area contributed by atoms with Gasteiger partial charge in [0.25, 0.3) is 17.7 Å². The summed E-state index contributed by atoms with van der Waals surface area (Å²) in [4.78, 5) is 209. The Morgan fingerprint density at radius 1 is 0.358 bits per heavy atom. The van der Waals surface area contributed by atoms with Gasteiger partial charge < -0.3 is 89.5 Å². The van der Waals surface area contributed by atoms with Gasteiger partial charge in [0.1, 0.15) is 82.6 Å². The van der Waals surface area contributed by atoms with Crippen molar-refractivity contribution in [2.24, 2.45) is 40.9 Å². The topological polar surface area (TPSA) is 493 Å². The third-order valence-electron chi connectivity index (χ3n) is 19.1. The number of Topliss-reactive ketones (excluding diaryl/α,β-unsaturated/α-hetero) is 1. The van der Waals surface area contributed by atoms with E-state index in [2.05, 4.69) is 69.1 Å². The molecule has 0 aliphatic heterocycles. The van der Waals surface area contributed by atoms with Crippen molar-refractivity contribution in [2.75, 3.05) is 0 Å². The molecule has 0 saturated heterocycles. The predicted octanol–water partition coefficient (Wildman–Crippen LogP) is 3.28. The summed E-state index contributed by atoms with van der Waals surface area (Å²) in [6.45, 7) is 44.0. The number of ketones is 1. The number of aliphatic hydroxyl groups is 3. The van der Waals surface area contributed by atoms with Crippen LogP contribution in [0.4, 0.5) is 0 Å². The van der Waals surface area contributed by atoms with Gasteiger partial charge in [-0.05, 0) is 181 Å². The van der Waals surface area contributed by atoms with Gasteiger partial charge >= 0.3 is 5.97 Å². The molecule has 0 aromatic rings. The molecule has 0 rings (SSSR count). The van der Waals surface area contributed by atoms with Gasteiger partial charge in [0.15, 0.2) is 5.78 Å². The highest BCUT2D eigenvalue weighted by Crippen LogP contribution is 2.28. The molecule has 0 aromatic carbocycles. The largest absolute Gasteiger partial charge is 0.477 e. The molecule has 32 heteroatoms. The van der Waals surface area contributed by atoms with Gasteiger partial charge in [0.05, 0.1) is 16.8 Å². The summed E-state index contributed by atoms with van der Waals surface area (Å²) in [6.07, 6.45) is 1.23. The highest BCUT2D eigenvalue weighted by Gasteiger charge is 2.47. The summed E-state index contributed by atoms with van der Waals surface area (Å²) in [5.74, 6) is -17.2. The van der Waals surface area contributed by atoms with Crippen molar-refractivity contribution in [2.45, 2.75) is 310 Å². The molecule has 109 heavy (non-hydrogen) atoms. The number of aliphatic carboxylic acids is 1. The number of amides is 13. The SMILES string of the molecule is CC/C(C)=C(\NC(=O)[C@@H](NC(=O)[C@H](NC(=O)[C@H](NC(=O)[C@H](NC(=O)/C(NC(=O)[C@H](C)NC(=O)/C(NC(=O)[C@@H](NC(=O)C(C)(C)C(=O)[C@@H](C)CC(C)C)[C@](C)(O)CC)=C(\C)CC)=C(/C)CC)C(C)C)[C@@H](C)CC)C(C)(C)O)C(C)(C)O)C(=O)N[C@H](C)C(=O)N[C@@H](C(=O)N[C@H](C(=O)NC(C(=O)O)=C(C)C)C(C)C)C(C)C. The lowest BCUT2D eigenvalue weighted by Crippen LogP contribution is -2.66. The number of carbonyl (C=O) groups is 15. The van der Waals surface area contributed by atoms with E-state index in [-0.39, 0.29) is 66.5 Å². The van der Waals surface area contributed by atoms with Gasteiger partial charge in [-0.25, -0.2) is 4.79 Å². The molecule has 0 aliphatic carbocycles. The van der Waals surface area contributed by atoms with Gasteiger partial charge in [-0.2, -0.15) is 0 Å². The van der Waals surface area contributed by atoms with Crippen molar-refractivity contribution in [3.05, 3.63) is 45.1 Å². The lowest BCUT2D eigenvalue weighted by atomic mass is 9.78. The first-order chi connectivity index (χ1) is 49.8. The maximum absolute atomic E-state index is 14.6. The van der Waals surface area contributed by atoms with Crippen LogP contribution in [0.5, 0.6) is 0 Å². The summed E-state index contributed by atoms with van der Waals surface area (Å²) in [5.41, 5.74) is -8.01. The van der Waals surface area contributed by atoms with E-state index in [0.29, 0.717) is 23.1 Å². The fourth-order valence-electron chi connectivity index (χ4n) is 10.9. The average molecular weight is 1540 g/mol. The summed E-state index contributed by atoms with van der Waals surface area (Å²) in [7, 11) is 0. The van der Waals surface area contributed by atoms with Crippen molar-refractivity contribution in [1.29, 1.82) is 0 Å². The molecule has 13 amide bonds. The molecule has 0 heterocycles. The zero-order valence-electron chi connectivity index (χ0n) is 69.8. The summed E-state index contributed by atoms with van der Waals surface area (Å²) >= 11 is 0. The van der Waals surface area contributed by atoms with E-state index >= 15 is 0 Å². The molecule has 0 radical (unpaired) electrons.